The van der Waals surface area contributed by atoms with Crippen LogP contribution in [-0.2, 0) is 4.79 Å². The zero-order valence-corrected chi connectivity index (χ0v) is 13.6. The number of halogens is 2. The predicted molar refractivity (Wildman–Crippen MR) is 84.4 cm³/mol. The van der Waals surface area contributed by atoms with E-state index in [2.05, 4.69) is 12.0 Å². The molecular formula is C13H24Cl2N4O. The first-order valence-electron chi connectivity index (χ1n) is 6.63. The average molecular weight is 323 g/mol. The van der Waals surface area contributed by atoms with E-state index in [0.29, 0.717) is 12.5 Å². The lowest BCUT2D eigenvalue weighted by atomic mass is 9.92. The highest BCUT2D eigenvalue weighted by Gasteiger charge is 2.31. The zero-order valence-electron chi connectivity index (χ0n) is 11.9. The quantitative estimate of drug-likeness (QED) is 0.924. The predicted octanol–water partition coefficient (Wildman–Crippen LogP) is 1.87. The summed E-state index contributed by atoms with van der Waals surface area (Å²) in [6.07, 6.45) is 5.59. The molecule has 7 heteroatoms. The van der Waals surface area contributed by atoms with Crippen LogP contribution in [0.2, 0.25) is 0 Å². The van der Waals surface area contributed by atoms with E-state index in [9.17, 15) is 4.79 Å². The fraction of sp³-hybridized carbons (Fsp3) is 0.692. The summed E-state index contributed by atoms with van der Waals surface area (Å²) in [5.74, 6) is 0.781. The summed E-state index contributed by atoms with van der Waals surface area (Å²) in [5.41, 5.74) is 5.80. The smallest absolute Gasteiger partial charge is 0.247 e. The molecule has 2 rings (SSSR count). The summed E-state index contributed by atoms with van der Waals surface area (Å²) in [6.45, 7) is 5.47. The minimum Gasteiger partial charge on any atom is -0.337 e. The van der Waals surface area contributed by atoms with Crippen LogP contribution in [0.1, 0.15) is 32.7 Å². The largest absolute Gasteiger partial charge is 0.337 e. The topological polar surface area (TPSA) is 64.2 Å². The van der Waals surface area contributed by atoms with Gasteiger partial charge in [-0.05, 0) is 31.7 Å². The Morgan fingerprint density at radius 3 is 2.75 bits per heavy atom. The molecule has 2 N–H and O–H groups in total. The van der Waals surface area contributed by atoms with Crippen LogP contribution < -0.4 is 5.73 Å². The summed E-state index contributed by atoms with van der Waals surface area (Å²) in [7, 11) is 0. The SMILES string of the molecule is CC1CCN(C(=O)C(C)n2cccn2)C(CN)C1.Cl.Cl. The van der Waals surface area contributed by atoms with Gasteiger partial charge in [-0.15, -0.1) is 24.8 Å². The Morgan fingerprint density at radius 2 is 2.20 bits per heavy atom. The second-order valence-corrected chi connectivity index (χ2v) is 5.21. The van der Waals surface area contributed by atoms with Gasteiger partial charge in [0.1, 0.15) is 6.04 Å². The first kappa shape index (κ1) is 19.2. The number of hydrogen-bond donors (Lipinski definition) is 1. The van der Waals surface area contributed by atoms with Gasteiger partial charge in [-0.3, -0.25) is 9.48 Å². The second kappa shape index (κ2) is 8.49. The van der Waals surface area contributed by atoms with Gasteiger partial charge in [-0.25, -0.2) is 0 Å². The zero-order chi connectivity index (χ0) is 13.1. The van der Waals surface area contributed by atoms with E-state index in [1.165, 1.54) is 0 Å². The molecule has 1 fully saturated rings. The molecule has 5 nitrogen and oxygen atoms in total. The third-order valence-corrected chi connectivity index (χ3v) is 3.81. The van der Waals surface area contributed by atoms with Crippen molar-refractivity contribution >= 4 is 30.7 Å². The summed E-state index contributed by atoms with van der Waals surface area (Å²) >= 11 is 0. The van der Waals surface area contributed by atoms with Gasteiger partial charge in [-0.1, -0.05) is 6.92 Å². The maximum Gasteiger partial charge on any atom is 0.247 e. The Labute approximate surface area is 132 Å². The van der Waals surface area contributed by atoms with Crippen LogP contribution in [0.3, 0.4) is 0 Å². The number of piperidine rings is 1. The van der Waals surface area contributed by atoms with Crippen LogP contribution in [0.25, 0.3) is 0 Å². The molecule has 1 aliphatic rings. The Bertz CT molecular complexity index is 399. The molecule has 0 radical (unpaired) electrons. The first-order valence-corrected chi connectivity index (χ1v) is 6.63. The number of nitrogens with two attached hydrogens (primary N) is 1. The van der Waals surface area contributed by atoms with Gasteiger partial charge in [0.2, 0.25) is 5.91 Å². The van der Waals surface area contributed by atoms with Crippen LogP contribution >= 0.6 is 24.8 Å². The minimum atomic E-state index is -0.248. The molecule has 1 aromatic heterocycles. The van der Waals surface area contributed by atoms with Gasteiger partial charge in [0.15, 0.2) is 0 Å². The van der Waals surface area contributed by atoms with Crippen molar-refractivity contribution in [2.24, 2.45) is 11.7 Å². The van der Waals surface area contributed by atoms with Crippen LogP contribution in [0, 0.1) is 5.92 Å². The van der Waals surface area contributed by atoms with Crippen LogP contribution in [-0.4, -0.2) is 39.7 Å². The molecule has 3 atom stereocenters. The second-order valence-electron chi connectivity index (χ2n) is 5.21. The third kappa shape index (κ3) is 4.11. The number of aromatic nitrogens is 2. The lowest BCUT2D eigenvalue weighted by Crippen LogP contribution is -2.51. The standard InChI is InChI=1S/C13H22N4O.2ClH/c1-10-4-7-16(12(8-10)9-14)13(18)11(2)17-6-3-5-15-17;;/h3,5-6,10-12H,4,7-9,14H2,1-2H3;2*1H. The molecule has 2 heterocycles. The maximum absolute atomic E-state index is 12.5. The van der Waals surface area contributed by atoms with Crippen molar-refractivity contribution in [3.8, 4) is 0 Å². The molecule has 1 amide bonds. The average Bonchev–Trinajstić information content (AvgIpc) is 2.90. The minimum absolute atomic E-state index is 0. The number of amides is 1. The van der Waals surface area contributed by atoms with Gasteiger partial charge in [0, 0.05) is 31.5 Å². The molecular weight excluding hydrogens is 299 g/mol. The molecule has 0 spiro atoms. The number of hydrogen-bond acceptors (Lipinski definition) is 3. The van der Waals surface area contributed by atoms with Gasteiger partial charge in [0.05, 0.1) is 0 Å². The van der Waals surface area contributed by atoms with Gasteiger partial charge >= 0.3 is 0 Å². The Kier molecular flexibility index (Phi) is 8.16. The highest BCUT2D eigenvalue weighted by atomic mass is 35.5. The Hall–Kier alpha value is -0.780. The maximum atomic E-state index is 12.5. The van der Waals surface area contributed by atoms with Crippen molar-refractivity contribution in [1.29, 1.82) is 0 Å². The van der Waals surface area contributed by atoms with E-state index in [1.807, 2.05) is 24.1 Å². The van der Waals surface area contributed by atoms with Gasteiger partial charge < -0.3 is 10.6 Å². The summed E-state index contributed by atoms with van der Waals surface area (Å²) in [5, 5.41) is 4.14. The summed E-state index contributed by atoms with van der Waals surface area (Å²) < 4.78 is 1.70. The highest BCUT2D eigenvalue weighted by Crippen LogP contribution is 2.24. The van der Waals surface area contributed by atoms with Crippen molar-refractivity contribution in [2.75, 3.05) is 13.1 Å². The van der Waals surface area contributed by atoms with Gasteiger partial charge in [-0.2, -0.15) is 5.10 Å². The van der Waals surface area contributed by atoms with E-state index in [4.69, 9.17) is 5.73 Å². The fourth-order valence-electron chi connectivity index (χ4n) is 2.63. The molecule has 116 valence electrons. The number of carbonyl (C=O) groups excluding carboxylic acids is 1. The van der Waals surface area contributed by atoms with Crippen molar-refractivity contribution in [3.63, 3.8) is 0 Å². The number of carbonyl (C=O) groups is 1. The lowest BCUT2D eigenvalue weighted by Gasteiger charge is -2.39. The molecule has 20 heavy (non-hydrogen) atoms. The Balaban J connectivity index is 0.00000180. The van der Waals surface area contributed by atoms with Crippen LogP contribution in [0.5, 0.6) is 0 Å². The number of nitrogens with zero attached hydrogens (tertiary/aromatic N) is 3. The molecule has 1 saturated heterocycles. The Morgan fingerprint density at radius 1 is 1.50 bits per heavy atom. The normalized spacial score (nSPS) is 23.4. The lowest BCUT2D eigenvalue weighted by molar-refractivity contribution is -0.138. The van der Waals surface area contributed by atoms with E-state index < -0.39 is 0 Å². The van der Waals surface area contributed by atoms with Crippen LogP contribution in [0.15, 0.2) is 18.5 Å². The molecule has 0 saturated carbocycles. The van der Waals surface area contributed by atoms with Gasteiger partial charge in [0.25, 0.3) is 0 Å². The molecule has 1 aromatic rings. The third-order valence-electron chi connectivity index (χ3n) is 3.81. The van der Waals surface area contributed by atoms with E-state index in [-0.39, 0.29) is 42.8 Å². The first-order chi connectivity index (χ1) is 8.63. The van der Waals surface area contributed by atoms with Crippen molar-refractivity contribution in [2.45, 2.75) is 38.8 Å². The van der Waals surface area contributed by atoms with Crippen molar-refractivity contribution < 1.29 is 4.79 Å². The fourth-order valence-corrected chi connectivity index (χ4v) is 2.63. The number of rotatable bonds is 3. The summed E-state index contributed by atoms with van der Waals surface area (Å²) in [6, 6.07) is 1.77. The number of likely N-dealkylation sites (tertiary alicyclic amines) is 1. The highest BCUT2D eigenvalue weighted by molar-refractivity contribution is 5.85. The van der Waals surface area contributed by atoms with E-state index >= 15 is 0 Å². The van der Waals surface area contributed by atoms with E-state index in [1.54, 1.807) is 10.9 Å². The van der Waals surface area contributed by atoms with Crippen molar-refractivity contribution in [1.82, 2.24) is 14.7 Å². The molecule has 0 aliphatic carbocycles. The summed E-state index contributed by atoms with van der Waals surface area (Å²) in [4.78, 5) is 14.4. The molecule has 3 unspecified atom stereocenters. The molecule has 0 aromatic carbocycles. The van der Waals surface area contributed by atoms with Crippen molar-refractivity contribution in [3.05, 3.63) is 18.5 Å². The monoisotopic (exact) mass is 322 g/mol. The van der Waals surface area contributed by atoms with E-state index in [0.717, 1.165) is 19.4 Å². The van der Waals surface area contributed by atoms with Crippen LogP contribution in [0.4, 0.5) is 0 Å². The molecule has 0 bridgehead atoms. The molecule has 1 aliphatic heterocycles.